The highest BCUT2D eigenvalue weighted by Crippen LogP contribution is 2.15. The quantitative estimate of drug-likeness (QED) is 0.299. The molecule has 2 amide bonds. The van der Waals surface area contributed by atoms with Crippen LogP contribution in [0.1, 0.15) is 22.3 Å². The number of rotatable bonds is 9. The molecule has 0 unspecified atom stereocenters. The Morgan fingerprint density at radius 3 is 2.71 bits per heavy atom. The van der Waals surface area contributed by atoms with Gasteiger partial charge in [-0.25, -0.2) is 0 Å². The second-order valence-electron chi connectivity index (χ2n) is 5.86. The van der Waals surface area contributed by atoms with Crippen LogP contribution in [0.4, 0.5) is 11.4 Å². The average Bonchev–Trinajstić information content (AvgIpc) is 2.70. The predicted molar refractivity (Wildman–Crippen MR) is 106 cm³/mol. The number of nitro groups is 1. The lowest BCUT2D eigenvalue weighted by Crippen LogP contribution is -2.25. The summed E-state index contributed by atoms with van der Waals surface area (Å²) in [7, 11) is 1.60. The minimum absolute atomic E-state index is 0.0493. The predicted octanol–water partition coefficient (Wildman–Crippen LogP) is 3.01. The van der Waals surface area contributed by atoms with Gasteiger partial charge >= 0.3 is 0 Å². The lowest BCUT2D eigenvalue weighted by molar-refractivity contribution is -0.384. The molecule has 0 atom stereocenters. The van der Waals surface area contributed by atoms with Gasteiger partial charge in [-0.15, -0.1) is 0 Å². The number of nitrogens with one attached hydrogen (secondary N) is 2. The number of nitrogens with zero attached hydrogens (tertiary/aromatic N) is 1. The number of amides is 2. The molecule has 2 aromatic rings. The summed E-state index contributed by atoms with van der Waals surface area (Å²) in [5.74, 6) is -0.650. The van der Waals surface area contributed by atoms with E-state index in [1.165, 1.54) is 24.3 Å². The molecule has 0 aliphatic rings. The Labute approximate surface area is 162 Å². The van der Waals surface area contributed by atoms with Crippen LogP contribution < -0.4 is 10.6 Å². The lowest BCUT2D eigenvalue weighted by atomic mass is 10.1. The van der Waals surface area contributed by atoms with E-state index in [1.54, 1.807) is 43.5 Å². The Balaban J connectivity index is 1.95. The molecule has 0 aliphatic carbocycles. The molecule has 2 aromatic carbocycles. The van der Waals surface area contributed by atoms with E-state index in [0.717, 1.165) is 0 Å². The number of carbonyl (C=O) groups excluding carboxylic acids is 2. The molecule has 0 heterocycles. The Bertz CT molecular complexity index is 880. The van der Waals surface area contributed by atoms with Gasteiger partial charge in [0.05, 0.1) is 4.92 Å². The highest BCUT2D eigenvalue weighted by molar-refractivity contribution is 6.03. The van der Waals surface area contributed by atoms with Crippen LogP contribution in [-0.2, 0) is 9.53 Å². The third-order valence-electron chi connectivity index (χ3n) is 3.71. The molecule has 0 saturated carbocycles. The second-order valence-corrected chi connectivity index (χ2v) is 5.86. The molecule has 8 heteroatoms. The van der Waals surface area contributed by atoms with Crippen LogP contribution in [0.2, 0.25) is 0 Å². The average molecular weight is 383 g/mol. The Morgan fingerprint density at radius 1 is 1.18 bits per heavy atom. The number of benzene rings is 2. The molecule has 0 radical (unpaired) electrons. The Kier molecular flexibility index (Phi) is 7.86. The molecule has 28 heavy (non-hydrogen) atoms. The van der Waals surface area contributed by atoms with Crippen molar-refractivity contribution in [2.75, 3.05) is 25.6 Å². The zero-order valence-corrected chi connectivity index (χ0v) is 15.4. The first-order valence-corrected chi connectivity index (χ1v) is 8.60. The first-order valence-electron chi connectivity index (χ1n) is 8.60. The van der Waals surface area contributed by atoms with Gasteiger partial charge in [-0.3, -0.25) is 19.7 Å². The van der Waals surface area contributed by atoms with Gasteiger partial charge in [-0.05, 0) is 36.3 Å². The second kappa shape index (κ2) is 10.6. The molecule has 0 aliphatic heterocycles. The standard InChI is InChI=1S/C20H21N3O5/c1-28-12-4-11-21-20(25)16-6-3-7-17(14-16)22-19(24)10-9-15-5-2-8-18(13-15)23(26)27/h2-3,5-10,13-14H,4,11-12H2,1H3,(H,21,25)(H,22,24)/b10-9+. The largest absolute Gasteiger partial charge is 0.385 e. The van der Waals surface area contributed by atoms with Crippen molar-refractivity contribution in [1.29, 1.82) is 0 Å². The molecular formula is C20H21N3O5. The molecule has 0 aromatic heterocycles. The van der Waals surface area contributed by atoms with Gasteiger partial charge in [0, 0.05) is 49.7 Å². The maximum atomic E-state index is 12.1. The SMILES string of the molecule is COCCCNC(=O)c1cccc(NC(=O)/C=C/c2cccc([N+](=O)[O-])c2)c1. The van der Waals surface area contributed by atoms with E-state index in [0.29, 0.717) is 36.4 Å². The van der Waals surface area contributed by atoms with E-state index in [1.807, 2.05) is 0 Å². The van der Waals surface area contributed by atoms with Crippen molar-refractivity contribution in [2.24, 2.45) is 0 Å². The van der Waals surface area contributed by atoms with Gasteiger partial charge < -0.3 is 15.4 Å². The minimum atomic E-state index is -0.497. The highest BCUT2D eigenvalue weighted by Gasteiger charge is 2.07. The van der Waals surface area contributed by atoms with Gasteiger partial charge in [0.25, 0.3) is 11.6 Å². The molecule has 8 nitrogen and oxygen atoms in total. The van der Waals surface area contributed by atoms with Crippen molar-refractivity contribution in [2.45, 2.75) is 6.42 Å². The van der Waals surface area contributed by atoms with E-state index in [4.69, 9.17) is 4.74 Å². The van der Waals surface area contributed by atoms with Crippen molar-refractivity contribution < 1.29 is 19.2 Å². The summed E-state index contributed by atoms with van der Waals surface area (Å²) < 4.78 is 4.93. The summed E-state index contributed by atoms with van der Waals surface area (Å²) in [5, 5.41) is 16.2. The first kappa shape index (κ1) is 20.8. The van der Waals surface area contributed by atoms with Crippen molar-refractivity contribution in [3.8, 4) is 0 Å². The lowest BCUT2D eigenvalue weighted by Gasteiger charge is -2.07. The zero-order chi connectivity index (χ0) is 20.4. The molecule has 0 fully saturated rings. The molecular weight excluding hydrogens is 362 g/mol. The van der Waals surface area contributed by atoms with Crippen molar-refractivity contribution >= 4 is 29.3 Å². The Morgan fingerprint density at radius 2 is 1.96 bits per heavy atom. The number of non-ortho nitro benzene ring substituents is 1. The first-order chi connectivity index (χ1) is 13.5. The molecule has 2 N–H and O–H groups in total. The fourth-order valence-corrected chi connectivity index (χ4v) is 2.36. The maximum Gasteiger partial charge on any atom is 0.270 e. The van der Waals surface area contributed by atoms with Crippen LogP contribution in [0.15, 0.2) is 54.6 Å². The van der Waals surface area contributed by atoms with Gasteiger partial charge in [-0.2, -0.15) is 0 Å². The van der Waals surface area contributed by atoms with Gasteiger partial charge in [-0.1, -0.05) is 18.2 Å². The van der Waals surface area contributed by atoms with Crippen molar-refractivity contribution in [3.63, 3.8) is 0 Å². The van der Waals surface area contributed by atoms with Gasteiger partial charge in [0.1, 0.15) is 0 Å². The minimum Gasteiger partial charge on any atom is -0.385 e. The van der Waals surface area contributed by atoms with Crippen LogP contribution in [-0.4, -0.2) is 37.0 Å². The third-order valence-corrected chi connectivity index (χ3v) is 3.71. The highest BCUT2D eigenvalue weighted by atomic mass is 16.6. The fraction of sp³-hybridized carbons (Fsp3) is 0.200. The molecule has 0 spiro atoms. The van der Waals surface area contributed by atoms with E-state index >= 15 is 0 Å². The van der Waals surface area contributed by atoms with E-state index < -0.39 is 10.8 Å². The molecule has 0 saturated heterocycles. The summed E-state index contributed by atoms with van der Waals surface area (Å²) in [6.45, 7) is 1.06. The fourth-order valence-electron chi connectivity index (χ4n) is 2.36. The third kappa shape index (κ3) is 6.65. The van der Waals surface area contributed by atoms with Crippen molar-refractivity contribution in [1.82, 2.24) is 5.32 Å². The number of hydrogen-bond donors (Lipinski definition) is 2. The smallest absolute Gasteiger partial charge is 0.270 e. The van der Waals surface area contributed by atoms with E-state index in [-0.39, 0.29) is 11.6 Å². The summed E-state index contributed by atoms with van der Waals surface area (Å²) in [4.78, 5) is 34.5. The zero-order valence-electron chi connectivity index (χ0n) is 15.4. The van der Waals surface area contributed by atoms with Crippen LogP contribution in [0.3, 0.4) is 0 Å². The van der Waals surface area contributed by atoms with Gasteiger partial charge in [0.15, 0.2) is 0 Å². The number of nitro benzene ring substituents is 1. The summed E-state index contributed by atoms with van der Waals surface area (Å²) in [6, 6.07) is 12.5. The normalized spacial score (nSPS) is 10.6. The number of carbonyl (C=O) groups is 2. The maximum absolute atomic E-state index is 12.1. The molecule has 146 valence electrons. The number of ether oxygens (including phenoxy) is 1. The Hall–Kier alpha value is -3.52. The summed E-state index contributed by atoms with van der Waals surface area (Å²) in [6.07, 6.45) is 3.46. The molecule has 2 rings (SSSR count). The van der Waals surface area contributed by atoms with E-state index in [9.17, 15) is 19.7 Å². The molecule has 0 bridgehead atoms. The van der Waals surface area contributed by atoms with Crippen LogP contribution in [0.25, 0.3) is 6.08 Å². The van der Waals surface area contributed by atoms with Gasteiger partial charge in [0.2, 0.25) is 5.91 Å². The topological polar surface area (TPSA) is 111 Å². The van der Waals surface area contributed by atoms with E-state index in [2.05, 4.69) is 10.6 Å². The van der Waals surface area contributed by atoms with Crippen molar-refractivity contribution in [3.05, 3.63) is 75.8 Å². The summed E-state index contributed by atoms with van der Waals surface area (Å²) in [5.41, 5.74) is 1.39. The monoisotopic (exact) mass is 383 g/mol. The van der Waals surface area contributed by atoms with Crippen LogP contribution in [0, 0.1) is 10.1 Å². The van der Waals surface area contributed by atoms with Crippen LogP contribution in [0.5, 0.6) is 0 Å². The number of hydrogen-bond acceptors (Lipinski definition) is 5. The number of methoxy groups -OCH3 is 1. The summed E-state index contributed by atoms with van der Waals surface area (Å²) >= 11 is 0. The van der Waals surface area contributed by atoms with Crippen LogP contribution >= 0.6 is 0 Å². The number of anilines is 1.